The lowest BCUT2D eigenvalue weighted by atomic mass is 10.0. The van der Waals surface area contributed by atoms with E-state index in [-0.39, 0.29) is 11.6 Å². The van der Waals surface area contributed by atoms with Crippen molar-refractivity contribution in [2.45, 2.75) is 44.9 Å². The molecule has 1 saturated heterocycles. The van der Waals surface area contributed by atoms with Crippen LogP contribution in [0.5, 0.6) is 0 Å². The third kappa shape index (κ3) is 5.52. The van der Waals surface area contributed by atoms with Gasteiger partial charge in [-0.05, 0) is 32.8 Å². The van der Waals surface area contributed by atoms with Crippen molar-refractivity contribution in [1.82, 2.24) is 10.2 Å². The third-order valence-electron chi connectivity index (χ3n) is 3.87. The van der Waals surface area contributed by atoms with Gasteiger partial charge in [0.05, 0.1) is 12.1 Å². The van der Waals surface area contributed by atoms with Gasteiger partial charge in [-0.3, -0.25) is 4.90 Å². The second-order valence-corrected chi connectivity index (χ2v) is 7.29. The Morgan fingerprint density at radius 1 is 1.30 bits per heavy atom. The molecule has 1 aliphatic rings. The first-order valence-corrected chi connectivity index (χ1v) is 8.08. The molecular formula is C18H28N2O3. The van der Waals surface area contributed by atoms with E-state index in [1.807, 2.05) is 39.0 Å². The Kier molecular flexibility index (Phi) is 5.65. The summed E-state index contributed by atoms with van der Waals surface area (Å²) in [6.45, 7) is 8.65. The van der Waals surface area contributed by atoms with Crippen molar-refractivity contribution in [3.8, 4) is 0 Å². The van der Waals surface area contributed by atoms with Crippen molar-refractivity contribution in [3.63, 3.8) is 0 Å². The number of nitrogens with zero attached hydrogens (tertiary/aromatic N) is 1. The number of methoxy groups -OCH3 is 1. The van der Waals surface area contributed by atoms with E-state index < -0.39 is 5.60 Å². The summed E-state index contributed by atoms with van der Waals surface area (Å²) in [6, 6.07) is 10.4. The van der Waals surface area contributed by atoms with Gasteiger partial charge in [-0.15, -0.1) is 0 Å². The number of alkyl carbamates (subject to hydrolysis) is 1. The van der Waals surface area contributed by atoms with E-state index in [0.717, 1.165) is 26.1 Å². The van der Waals surface area contributed by atoms with Crippen LogP contribution in [-0.4, -0.2) is 48.9 Å². The lowest BCUT2D eigenvalue weighted by molar-refractivity contribution is 0.0367. The van der Waals surface area contributed by atoms with Crippen LogP contribution in [0, 0.1) is 0 Å². The summed E-state index contributed by atoms with van der Waals surface area (Å²) in [7, 11) is 1.67. The summed E-state index contributed by atoms with van der Waals surface area (Å²) >= 11 is 0. The molecule has 128 valence electrons. The molecular weight excluding hydrogens is 292 g/mol. The number of likely N-dealkylation sites (tertiary alicyclic amines) is 1. The summed E-state index contributed by atoms with van der Waals surface area (Å²) in [4.78, 5) is 14.5. The maximum atomic E-state index is 12.2. The number of nitrogens with one attached hydrogen (secondary N) is 1. The first-order valence-electron chi connectivity index (χ1n) is 8.08. The fourth-order valence-corrected chi connectivity index (χ4v) is 2.99. The number of amides is 1. The SMILES string of the molecule is COCC1(NC(=O)OC(C)(C)C)CCN(Cc2ccccc2)C1. The molecule has 0 saturated carbocycles. The summed E-state index contributed by atoms with van der Waals surface area (Å²) in [5.41, 5.74) is 0.394. The quantitative estimate of drug-likeness (QED) is 0.906. The van der Waals surface area contributed by atoms with Crippen LogP contribution in [0.3, 0.4) is 0 Å². The van der Waals surface area contributed by atoms with Crippen LogP contribution >= 0.6 is 0 Å². The molecule has 1 heterocycles. The highest BCUT2D eigenvalue weighted by Crippen LogP contribution is 2.24. The highest BCUT2D eigenvalue weighted by atomic mass is 16.6. The molecule has 5 heteroatoms. The van der Waals surface area contributed by atoms with Crippen molar-refractivity contribution in [2.24, 2.45) is 0 Å². The molecule has 23 heavy (non-hydrogen) atoms. The summed E-state index contributed by atoms with van der Waals surface area (Å²) in [5, 5.41) is 3.04. The predicted octanol–water partition coefficient (Wildman–Crippen LogP) is 2.80. The van der Waals surface area contributed by atoms with Crippen LogP contribution in [0.2, 0.25) is 0 Å². The number of carbonyl (C=O) groups is 1. The van der Waals surface area contributed by atoms with Crippen molar-refractivity contribution in [2.75, 3.05) is 26.8 Å². The molecule has 1 aromatic rings. The molecule has 1 N–H and O–H groups in total. The number of ether oxygens (including phenoxy) is 2. The van der Waals surface area contributed by atoms with Crippen molar-refractivity contribution in [1.29, 1.82) is 0 Å². The van der Waals surface area contributed by atoms with Crippen LogP contribution in [0.4, 0.5) is 4.79 Å². The minimum atomic E-state index is -0.499. The zero-order chi connectivity index (χ0) is 16.9. The first-order chi connectivity index (χ1) is 10.8. The molecule has 1 atom stereocenters. The van der Waals surface area contributed by atoms with Gasteiger partial charge in [-0.1, -0.05) is 30.3 Å². The summed E-state index contributed by atoms with van der Waals surface area (Å²) < 4.78 is 10.8. The normalized spacial score (nSPS) is 22.1. The highest BCUT2D eigenvalue weighted by Gasteiger charge is 2.40. The van der Waals surface area contributed by atoms with Crippen LogP contribution in [-0.2, 0) is 16.0 Å². The Morgan fingerprint density at radius 2 is 2.00 bits per heavy atom. The van der Waals surface area contributed by atoms with Gasteiger partial charge < -0.3 is 14.8 Å². The van der Waals surface area contributed by atoms with E-state index in [0.29, 0.717) is 6.61 Å². The fraction of sp³-hybridized carbons (Fsp3) is 0.611. The maximum Gasteiger partial charge on any atom is 0.408 e. The van der Waals surface area contributed by atoms with Gasteiger partial charge >= 0.3 is 6.09 Å². The molecule has 1 amide bonds. The first kappa shape index (κ1) is 17.8. The summed E-state index contributed by atoms with van der Waals surface area (Å²) in [6.07, 6.45) is 0.475. The van der Waals surface area contributed by atoms with E-state index in [4.69, 9.17) is 9.47 Å². The number of rotatable bonds is 5. The van der Waals surface area contributed by atoms with E-state index in [2.05, 4.69) is 22.3 Å². The number of benzene rings is 1. The van der Waals surface area contributed by atoms with Gasteiger partial charge in [-0.25, -0.2) is 4.79 Å². The Labute approximate surface area is 139 Å². The van der Waals surface area contributed by atoms with E-state index in [1.54, 1.807) is 7.11 Å². The van der Waals surface area contributed by atoms with Crippen LogP contribution in [0.15, 0.2) is 30.3 Å². The zero-order valence-electron chi connectivity index (χ0n) is 14.6. The average molecular weight is 320 g/mol. The lowest BCUT2D eigenvalue weighted by Crippen LogP contribution is -2.54. The lowest BCUT2D eigenvalue weighted by Gasteiger charge is -2.31. The minimum Gasteiger partial charge on any atom is -0.444 e. The van der Waals surface area contributed by atoms with Crippen molar-refractivity contribution < 1.29 is 14.3 Å². The van der Waals surface area contributed by atoms with Crippen LogP contribution in [0.1, 0.15) is 32.8 Å². The van der Waals surface area contributed by atoms with Crippen LogP contribution in [0.25, 0.3) is 0 Å². The molecule has 0 radical (unpaired) electrons. The molecule has 2 rings (SSSR count). The zero-order valence-corrected chi connectivity index (χ0v) is 14.6. The standard InChI is InChI=1S/C18H28N2O3/c1-17(2,3)23-16(21)19-18(14-22-4)10-11-20(13-18)12-15-8-6-5-7-9-15/h5-9H,10-14H2,1-4H3,(H,19,21). The molecule has 1 unspecified atom stereocenters. The van der Waals surface area contributed by atoms with Gasteiger partial charge in [0.1, 0.15) is 5.60 Å². The second-order valence-electron chi connectivity index (χ2n) is 7.29. The maximum absolute atomic E-state index is 12.2. The molecule has 0 bridgehead atoms. The molecule has 1 aromatic carbocycles. The third-order valence-corrected chi connectivity index (χ3v) is 3.87. The van der Waals surface area contributed by atoms with E-state index in [1.165, 1.54) is 5.56 Å². The molecule has 5 nitrogen and oxygen atoms in total. The smallest absolute Gasteiger partial charge is 0.408 e. The van der Waals surface area contributed by atoms with E-state index in [9.17, 15) is 4.79 Å². The molecule has 0 aromatic heterocycles. The predicted molar refractivity (Wildman–Crippen MR) is 90.3 cm³/mol. The molecule has 0 aliphatic carbocycles. The van der Waals surface area contributed by atoms with Crippen molar-refractivity contribution >= 4 is 6.09 Å². The number of hydrogen-bond acceptors (Lipinski definition) is 4. The molecule has 0 spiro atoms. The van der Waals surface area contributed by atoms with Crippen molar-refractivity contribution in [3.05, 3.63) is 35.9 Å². The minimum absolute atomic E-state index is 0.379. The molecule has 1 aliphatic heterocycles. The Morgan fingerprint density at radius 3 is 2.61 bits per heavy atom. The van der Waals surface area contributed by atoms with Gasteiger partial charge in [-0.2, -0.15) is 0 Å². The molecule has 1 fully saturated rings. The fourth-order valence-electron chi connectivity index (χ4n) is 2.99. The summed E-state index contributed by atoms with van der Waals surface area (Å²) in [5.74, 6) is 0. The average Bonchev–Trinajstić information content (AvgIpc) is 2.80. The number of hydrogen-bond donors (Lipinski definition) is 1. The second kappa shape index (κ2) is 7.32. The topological polar surface area (TPSA) is 50.8 Å². The van der Waals surface area contributed by atoms with Gasteiger partial charge in [0.25, 0.3) is 0 Å². The van der Waals surface area contributed by atoms with Gasteiger partial charge in [0, 0.05) is 26.7 Å². The number of carbonyl (C=O) groups excluding carboxylic acids is 1. The Balaban J connectivity index is 1.97. The monoisotopic (exact) mass is 320 g/mol. The Hall–Kier alpha value is -1.59. The highest BCUT2D eigenvalue weighted by molar-refractivity contribution is 5.69. The Bertz CT molecular complexity index is 513. The van der Waals surface area contributed by atoms with Gasteiger partial charge in [0.15, 0.2) is 0 Å². The largest absolute Gasteiger partial charge is 0.444 e. The van der Waals surface area contributed by atoms with Crippen LogP contribution < -0.4 is 5.32 Å². The van der Waals surface area contributed by atoms with E-state index >= 15 is 0 Å². The van der Waals surface area contributed by atoms with Gasteiger partial charge in [0.2, 0.25) is 0 Å².